The Kier molecular flexibility index (Phi) is 9.17. The molecule has 2 heterocycles. The molecule has 3 aromatic rings. The minimum absolute atomic E-state index is 0.0442. The largest absolute Gasteiger partial charge is 0.492 e. The Hall–Kier alpha value is -3.11. The molecule has 1 aromatic heterocycles. The van der Waals surface area contributed by atoms with Crippen LogP contribution in [0.3, 0.4) is 0 Å². The zero-order valence-corrected chi connectivity index (χ0v) is 22.4. The van der Waals surface area contributed by atoms with Gasteiger partial charge in [0.05, 0.1) is 24.2 Å². The highest BCUT2D eigenvalue weighted by atomic mass is 19.3. The third-order valence-corrected chi connectivity index (χ3v) is 7.51. The number of halogens is 4. The van der Waals surface area contributed by atoms with Crippen molar-refractivity contribution in [3.8, 4) is 5.75 Å². The lowest BCUT2D eigenvalue weighted by Crippen LogP contribution is -2.46. The molecule has 0 bridgehead atoms. The second kappa shape index (κ2) is 12.4. The monoisotopic (exact) mass is 549 g/mol. The first kappa shape index (κ1) is 28.9. The van der Waals surface area contributed by atoms with E-state index in [1.807, 2.05) is 36.1 Å². The maximum atomic E-state index is 15.7. The molecule has 39 heavy (non-hydrogen) atoms. The number of hydrogen-bond donors (Lipinski definition) is 2. The lowest BCUT2D eigenvalue weighted by molar-refractivity contribution is -0.142. The van der Waals surface area contributed by atoms with E-state index in [2.05, 4.69) is 4.98 Å². The number of H-pyrrole nitrogens is 1. The van der Waals surface area contributed by atoms with Crippen LogP contribution >= 0.6 is 0 Å². The van der Waals surface area contributed by atoms with E-state index in [1.54, 1.807) is 18.9 Å². The Labute approximate surface area is 225 Å². The van der Waals surface area contributed by atoms with E-state index >= 15 is 4.39 Å². The topological polar surface area (TPSA) is 68.8 Å². The predicted molar refractivity (Wildman–Crippen MR) is 142 cm³/mol. The lowest BCUT2D eigenvalue weighted by Gasteiger charge is -2.42. The second-order valence-corrected chi connectivity index (χ2v) is 10.3. The average molecular weight is 550 g/mol. The van der Waals surface area contributed by atoms with E-state index in [4.69, 9.17) is 4.74 Å². The number of likely N-dealkylation sites (N-methyl/N-ethyl adjacent to an activating group) is 1. The molecule has 0 spiro atoms. The first-order valence-electron chi connectivity index (χ1n) is 13.2. The van der Waals surface area contributed by atoms with Crippen molar-refractivity contribution in [3.63, 3.8) is 0 Å². The number of aromatic amines is 1. The number of carbonyl (C=O) groups is 1. The molecule has 0 saturated heterocycles. The molecule has 0 amide bonds. The Bertz CT molecular complexity index is 1300. The third-order valence-electron chi connectivity index (χ3n) is 7.51. The molecule has 4 rings (SSSR count). The van der Waals surface area contributed by atoms with Crippen LogP contribution in [0.15, 0.2) is 36.4 Å². The Morgan fingerprint density at radius 1 is 1.23 bits per heavy atom. The normalized spacial score (nSPS) is 18.6. The van der Waals surface area contributed by atoms with Gasteiger partial charge in [-0.25, -0.2) is 13.2 Å². The summed E-state index contributed by atoms with van der Waals surface area (Å²) in [5, 5.41) is 10.6. The van der Waals surface area contributed by atoms with E-state index in [1.165, 1.54) is 6.07 Å². The highest BCUT2D eigenvalue weighted by molar-refractivity contribution is 5.85. The number of nitrogens with one attached hydrogen (secondary N) is 1. The number of carboxylic acid groups (broad SMARTS) is 1. The lowest BCUT2D eigenvalue weighted by atomic mass is 9.85. The summed E-state index contributed by atoms with van der Waals surface area (Å²) in [7, 11) is 1.78. The van der Waals surface area contributed by atoms with E-state index in [0.29, 0.717) is 31.6 Å². The van der Waals surface area contributed by atoms with Gasteiger partial charge in [0.25, 0.3) is 6.43 Å². The number of rotatable bonds is 12. The third kappa shape index (κ3) is 6.06. The number of aromatic nitrogens is 1. The van der Waals surface area contributed by atoms with Gasteiger partial charge in [-0.05, 0) is 50.6 Å². The Morgan fingerprint density at radius 3 is 2.67 bits per heavy atom. The molecule has 0 saturated carbocycles. The van der Waals surface area contributed by atoms with Crippen molar-refractivity contribution in [2.24, 2.45) is 5.92 Å². The number of ether oxygens (including phenoxy) is 1. The van der Waals surface area contributed by atoms with Crippen LogP contribution in [0.4, 0.5) is 17.6 Å². The molecule has 1 aliphatic heterocycles. The number of fused-ring (bicyclic) bond motifs is 3. The Morgan fingerprint density at radius 2 is 1.97 bits per heavy atom. The van der Waals surface area contributed by atoms with Crippen molar-refractivity contribution in [1.82, 2.24) is 14.8 Å². The van der Waals surface area contributed by atoms with Crippen LogP contribution < -0.4 is 4.74 Å². The molecule has 0 fully saturated rings. The number of para-hydroxylation sites is 1. The van der Waals surface area contributed by atoms with Crippen LogP contribution in [-0.2, 0) is 11.2 Å². The number of aliphatic carboxylic acids is 1. The van der Waals surface area contributed by atoms with Crippen molar-refractivity contribution >= 4 is 16.9 Å². The second-order valence-electron chi connectivity index (χ2n) is 10.3. The molecule has 2 aromatic carbocycles. The molecular formula is C29H35F4N3O3. The molecule has 1 aliphatic rings. The van der Waals surface area contributed by atoms with Crippen LogP contribution in [0.25, 0.3) is 10.9 Å². The van der Waals surface area contributed by atoms with Crippen LogP contribution in [-0.4, -0.2) is 71.9 Å². The van der Waals surface area contributed by atoms with Crippen molar-refractivity contribution in [2.45, 2.75) is 45.2 Å². The zero-order chi connectivity index (χ0) is 28.3. The summed E-state index contributed by atoms with van der Waals surface area (Å²) in [6.45, 7) is 3.99. The van der Waals surface area contributed by atoms with Crippen molar-refractivity contribution in [2.75, 3.05) is 40.0 Å². The van der Waals surface area contributed by atoms with E-state index in [-0.39, 0.29) is 30.5 Å². The summed E-state index contributed by atoms with van der Waals surface area (Å²) in [6.07, 6.45) is -2.13. The highest BCUT2D eigenvalue weighted by Crippen LogP contribution is 2.46. The molecule has 0 radical (unpaired) electrons. The zero-order valence-electron chi connectivity index (χ0n) is 22.4. The van der Waals surface area contributed by atoms with Gasteiger partial charge in [-0.1, -0.05) is 25.1 Å². The highest BCUT2D eigenvalue weighted by Gasteiger charge is 2.41. The van der Waals surface area contributed by atoms with Gasteiger partial charge in [0.15, 0.2) is 0 Å². The molecular weight excluding hydrogens is 514 g/mol. The fourth-order valence-corrected chi connectivity index (χ4v) is 5.47. The van der Waals surface area contributed by atoms with Gasteiger partial charge < -0.3 is 19.7 Å². The van der Waals surface area contributed by atoms with Crippen LogP contribution in [0.2, 0.25) is 0 Å². The summed E-state index contributed by atoms with van der Waals surface area (Å²) in [4.78, 5) is 18.7. The quantitative estimate of drug-likeness (QED) is 0.273. The number of nitrogens with zero attached hydrogens (tertiary/aromatic N) is 2. The van der Waals surface area contributed by atoms with Crippen molar-refractivity contribution < 1.29 is 32.2 Å². The average Bonchev–Trinajstić information content (AvgIpc) is 3.26. The summed E-state index contributed by atoms with van der Waals surface area (Å²) >= 11 is 0. The van der Waals surface area contributed by atoms with Gasteiger partial charge in [-0.15, -0.1) is 0 Å². The van der Waals surface area contributed by atoms with Crippen LogP contribution in [0, 0.1) is 11.7 Å². The minimum atomic E-state index is -3.04. The summed E-state index contributed by atoms with van der Waals surface area (Å²) in [5.74, 6) is -2.76. The van der Waals surface area contributed by atoms with Gasteiger partial charge in [-0.3, -0.25) is 14.1 Å². The van der Waals surface area contributed by atoms with E-state index in [0.717, 1.165) is 22.5 Å². The molecule has 212 valence electrons. The van der Waals surface area contributed by atoms with Gasteiger partial charge in [-0.2, -0.15) is 0 Å². The fourth-order valence-electron chi connectivity index (χ4n) is 5.47. The van der Waals surface area contributed by atoms with Crippen LogP contribution in [0.1, 0.15) is 55.1 Å². The summed E-state index contributed by atoms with van der Waals surface area (Å²) < 4.78 is 63.5. The predicted octanol–water partition coefficient (Wildman–Crippen LogP) is 5.97. The number of alkyl halides is 3. The standard InChI is InChI=1S/C29H35F4N3O3/c1-17(29(37)38)16-36-18(2)15-20-19-7-4-5-8-22(19)34-26(20)27(36)24-21(31)9-10-23(25(24)28(32)33)39-14-13-35(3)12-6-11-30/h4-5,7-10,17-18,27-28,34H,6,11-16H2,1-3H3,(H,37,38)/t17?,18-,27?/m1/s1. The smallest absolute Gasteiger partial charge is 0.307 e. The molecule has 0 aliphatic carbocycles. The molecule has 2 N–H and O–H groups in total. The fraction of sp³-hybridized carbons (Fsp3) is 0.483. The van der Waals surface area contributed by atoms with Gasteiger partial charge >= 0.3 is 5.97 Å². The van der Waals surface area contributed by atoms with E-state index < -0.39 is 42.4 Å². The molecule has 6 nitrogen and oxygen atoms in total. The summed E-state index contributed by atoms with van der Waals surface area (Å²) in [5.41, 5.74) is 1.53. The van der Waals surface area contributed by atoms with Crippen LogP contribution in [0.5, 0.6) is 5.75 Å². The van der Waals surface area contributed by atoms with E-state index in [9.17, 15) is 23.1 Å². The van der Waals surface area contributed by atoms with Gasteiger partial charge in [0.2, 0.25) is 0 Å². The van der Waals surface area contributed by atoms with Crippen molar-refractivity contribution in [1.29, 1.82) is 0 Å². The SMILES string of the molecule is CC(CN1C(c2c(F)ccc(OCCN(C)CCCF)c2C(F)F)c2[nH]c3ccccc3c2C[C@H]1C)C(=O)O. The van der Waals surface area contributed by atoms with Gasteiger partial charge in [0.1, 0.15) is 18.2 Å². The number of carboxylic acids is 1. The molecule has 3 atom stereocenters. The maximum Gasteiger partial charge on any atom is 0.307 e. The molecule has 2 unspecified atom stereocenters. The first-order chi connectivity index (χ1) is 18.6. The summed E-state index contributed by atoms with van der Waals surface area (Å²) in [6, 6.07) is 8.68. The molecule has 10 heteroatoms. The number of benzene rings is 2. The van der Waals surface area contributed by atoms with Crippen molar-refractivity contribution in [3.05, 3.63) is 64.6 Å². The Balaban J connectivity index is 1.82. The van der Waals surface area contributed by atoms with Gasteiger partial charge in [0, 0.05) is 47.8 Å². The maximum absolute atomic E-state index is 15.7. The first-order valence-corrected chi connectivity index (χ1v) is 13.2. The minimum Gasteiger partial charge on any atom is -0.492 e. The number of hydrogen-bond acceptors (Lipinski definition) is 4.